The third kappa shape index (κ3) is 2.54. The number of carbonyl (C=O) groups is 1. The van der Waals surface area contributed by atoms with Crippen LogP contribution in [0.2, 0.25) is 0 Å². The average Bonchev–Trinajstić information content (AvgIpc) is 2.97. The minimum absolute atomic E-state index is 0.306. The highest BCUT2D eigenvalue weighted by Crippen LogP contribution is 2.50. The summed E-state index contributed by atoms with van der Waals surface area (Å²) in [7, 11) is 0. The number of hydrogen-bond donors (Lipinski definition) is 0. The molecule has 0 aromatic heterocycles. The second-order valence-electron chi connectivity index (χ2n) is 3.93. The van der Waals surface area contributed by atoms with E-state index in [4.69, 9.17) is 11.6 Å². The average molecular weight is 265 g/mol. The van der Waals surface area contributed by atoms with Crippen LogP contribution in [0.1, 0.15) is 18.4 Å². The van der Waals surface area contributed by atoms with Gasteiger partial charge in [-0.1, -0.05) is 12.1 Å². The van der Waals surface area contributed by atoms with Gasteiger partial charge in [0.2, 0.25) is 5.24 Å². The topological polar surface area (TPSA) is 26.3 Å². The summed E-state index contributed by atoms with van der Waals surface area (Å²) in [4.78, 5) is 11.2. The van der Waals surface area contributed by atoms with Gasteiger partial charge >= 0.3 is 6.36 Å². The van der Waals surface area contributed by atoms with Gasteiger partial charge in [0.15, 0.2) is 0 Å². The van der Waals surface area contributed by atoms with Crippen LogP contribution in [0.15, 0.2) is 24.3 Å². The third-order valence-electron chi connectivity index (χ3n) is 2.77. The number of hydrogen-bond acceptors (Lipinski definition) is 2. The van der Waals surface area contributed by atoms with Crippen LogP contribution >= 0.6 is 11.6 Å². The van der Waals surface area contributed by atoms with Crippen molar-refractivity contribution in [3.05, 3.63) is 29.8 Å². The van der Waals surface area contributed by atoms with Crippen molar-refractivity contribution >= 4 is 16.8 Å². The lowest BCUT2D eigenvalue weighted by molar-refractivity contribution is -0.274. The summed E-state index contributed by atoms with van der Waals surface area (Å²) in [5.74, 6) is -0.306. The van der Waals surface area contributed by atoms with Gasteiger partial charge in [-0.05, 0) is 42.1 Å². The van der Waals surface area contributed by atoms with Gasteiger partial charge in [0, 0.05) is 0 Å². The van der Waals surface area contributed by atoms with E-state index in [0.717, 1.165) is 0 Å². The van der Waals surface area contributed by atoms with E-state index in [1.54, 1.807) is 0 Å². The second-order valence-corrected chi connectivity index (χ2v) is 4.27. The van der Waals surface area contributed by atoms with Gasteiger partial charge in [-0.3, -0.25) is 4.79 Å². The number of halogens is 4. The number of benzene rings is 1. The Bertz CT molecular complexity index is 435. The van der Waals surface area contributed by atoms with E-state index < -0.39 is 17.0 Å². The molecule has 0 radical (unpaired) electrons. The molecule has 1 aliphatic carbocycles. The van der Waals surface area contributed by atoms with E-state index in [9.17, 15) is 18.0 Å². The summed E-state index contributed by atoms with van der Waals surface area (Å²) >= 11 is 5.46. The molecule has 1 saturated carbocycles. The van der Waals surface area contributed by atoms with Crippen LogP contribution in [0.4, 0.5) is 13.2 Å². The first-order valence-electron chi connectivity index (χ1n) is 4.90. The lowest BCUT2D eigenvalue weighted by atomic mass is 9.97. The molecule has 0 heterocycles. The molecule has 1 fully saturated rings. The normalized spacial score (nSPS) is 17.6. The lowest BCUT2D eigenvalue weighted by Gasteiger charge is -2.12. The van der Waals surface area contributed by atoms with Crippen molar-refractivity contribution in [2.24, 2.45) is 0 Å². The van der Waals surface area contributed by atoms with E-state index >= 15 is 0 Å². The zero-order chi connectivity index (χ0) is 12.7. The van der Waals surface area contributed by atoms with Crippen molar-refractivity contribution in [2.75, 3.05) is 0 Å². The number of rotatable bonds is 3. The van der Waals surface area contributed by atoms with Crippen LogP contribution in [0.5, 0.6) is 5.75 Å². The maximum atomic E-state index is 11.9. The molecule has 6 heteroatoms. The highest BCUT2D eigenvalue weighted by molar-refractivity contribution is 6.66. The van der Waals surface area contributed by atoms with Crippen LogP contribution < -0.4 is 4.74 Å². The molecule has 2 rings (SSSR count). The summed E-state index contributed by atoms with van der Waals surface area (Å²) in [6.45, 7) is 0. The first-order chi connectivity index (χ1) is 7.83. The minimum atomic E-state index is -4.71. The Morgan fingerprint density at radius 3 is 2.12 bits per heavy atom. The molecular weight excluding hydrogens is 257 g/mol. The molecule has 0 saturated heterocycles. The molecule has 17 heavy (non-hydrogen) atoms. The van der Waals surface area contributed by atoms with Crippen LogP contribution in [-0.2, 0) is 10.2 Å². The highest BCUT2D eigenvalue weighted by Gasteiger charge is 2.50. The Hall–Kier alpha value is -1.23. The highest BCUT2D eigenvalue weighted by atomic mass is 35.5. The Morgan fingerprint density at radius 2 is 1.76 bits per heavy atom. The van der Waals surface area contributed by atoms with Crippen molar-refractivity contribution in [1.29, 1.82) is 0 Å². The first kappa shape index (κ1) is 12.2. The van der Waals surface area contributed by atoms with Crippen molar-refractivity contribution < 1.29 is 22.7 Å². The lowest BCUT2D eigenvalue weighted by Crippen LogP contribution is -2.18. The summed E-state index contributed by atoms with van der Waals surface area (Å²) in [6, 6.07) is 5.24. The summed E-state index contributed by atoms with van der Waals surface area (Å²) < 4.78 is 39.5. The zero-order valence-corrected chi connectivity index (χ0v) is 9.31. The van der Waals surface area contributed by atoms with Crippen LogP contribution in [0.25, 0.3) is 0 Å². The monoisotopic (exact) mass is 264 g/mol. The van der Waals surface area contributed by atoms with Gasteiger partial charge in [-0.15, -0.1) is 13.2 Å². The van der Waals surface area contributed by atoms with Crippen molar-refractivity contribution in [3.63, 3.8) is 0 Å². The summed E-state index contributed by atoms with van der Waals surface area (Å²) in [5.41, 5.74) is -0.0646. The summed E-state index contributed by atoms with van der Waals surface area (Å²) in [5, 5.41) is -0.470. The van der Waals surface area contributed by atoms with Crippen molar-refractivity contribution in [1.82, 2.24) is 0 Å². The molecular formula is C11H8ClF3O2. The van der Waals surface area contributed by atoms with Gasteiger partial charge in [-0.25, -0.2) is 0 Å². The molecule has 0 amide bonds. The van der Waals surface area contributed by atoms with E-state index in [1.165, 1.54) is 24.3 Å². The van der Waals surface area contributed by atoms with Gasteiger partial charge in [0.05, 0.1) is 5.41 Å². The number of ether oxygens (including phenoxy) is 1. The van der Waals surface area contributed by atoms with E-state index in [1.807, 2.05) is 0 Å². The largest absolute Gasteiger partial charge is 0.573 e. The molecule has 0 atom stereocenters. The van der Waals surface area contributed by atoms with E-state index in [-0.39, 0.29) is 5.75 Å². The Morgan fingerprint density at radius 1 is 1.24 bits per heavy atom. The number of alkyl halides is 3. The maximum Gasteiger partial charge on any atom is 0.573 e. The smallest absolute Gasteiger partial charge is 0.406 e. The molecule has 0 spiro atoms. The van der Waals surface area contributed by atoms with Crippen molar-refractivity contribution in [3.8, 4) is 5.75 Å². The predicted octanol–water partition coefficient (Wildman–Crippen LogP) is 3.38. The fourth-order valence-electron chi connectivity index (χ4n) is 1.70. The van der Waals surface area contributed by atoms with Gasteiger partial charge in [0.25, 0.3) is 0 Å². The minimum Gasteiger partial charge on any atom is -0.406 e. The molecule has 1 aromatic rings. The van der Waals surface area contributed by atoms with Crippen molar-refractivity contribution in [2.45, 2.75) is 24.6 Å². The second kappa shape index (κ2) is 3.91. The fourth-order valence-corrected chi connectivity index (χ4v) is 2.00. The molecule has 2 nitrogen and oxygen atoms in total. The van der Waals surface area contributed by atoms with Crippen LogP contribution in [0, 0.1) is 0 Å². The summed E-state index contributed by atoms with van der Waals surface area (Å²) in [6.07, 6.45) is -3.44. The standard InChI is InChI=1S/C11H8ClF3O2/c12-9(16)10(5-6-10)7-1-3-8(4-2-7)17-11(13,14)15/h1-4H,5-6H2. The Kier molecular flexibility index (Phi) is 2.81. The first-order valence-corrected chi connectivity index (χ1v) is 5.27. The van der Waals surface area contributed by atoms with E-state index in [0.29, 0.717) is 18.4 Å². The zero-order valence-electron chi connectivity index (χ0n) is 8.55. The van der Waals surface area contributed by atoms with Gasteiger partial charge in [-0.2, -0.15) is 0 Å². The molecule has 0 unspecified atom stereocenters. The SMILES string of the molecule is O=C(Cl)C1(c2ccc(OC(F)(F)F)cc2)CC1. The van der Waals surface area contributed by atoms with Crippen LogP contribution in [-0.4, -0.2) is 11.6 Å². The molecule has 0 aliphatic heterocycles. The maximum absolute atomic E-state index is 11.9. The molecule has 92 valence electrons. The van der Waals surface area contributed by atoms with Gasteiger partial charge < -0.3 is 4.74 Å². The van der Waals surface area contributed by atoms with Gasteiger partial charge in [0.1, 0.15) is 5.75 Å². The molecule has 0 bridgehead atoms. The van der Waals surface area contributed by atoms with Crippen LogP contribution in [0.3, 0.4) is 0 Å². The third-order valence-corrected chi connectivity index (χ3v) is 3.13. The molecule has 1 aromatic carbocycles. The van der Waals surface area contributed by atoms with E-state index in [2.05, 4.69) is 4.74 Å². The molecule has 1 aliphatic rings. The fraction of sp³-hybridized carbons (Fsp3) is 0.364. The quantitative estimate of drug-likeness (QED) is 0.783. The number of carbonyl (C=O) groups excluding carboxylic acids is 1. The Labute approximate surface area is 100 Å². The predicted molar refractivity (Wildman–Crippen MR) is 54.9 cm³/mol. The molecule has 0 N–H and O–H groups in total. The Balaban J connectivity index is 2.17.